The summed E-state index contributed by atoms with van der Waals surface area (Å²) in [7, 11) is 0. The molecule has 3 heterocycles. The Bertz CT molecular complexity index is 1170. The van der Waals surface area contributed by atoms with Crippen molar-refractivity contribution in [2.45, 2.75) is 70.1 Å². The van der Waals surface area contributed by atoms with Crippen LogP contribution >= 0.6 is 0 Å². The van der Waals surface area contributed by atoms with E-state index in [0.29, 0.717) is 11.8 Å². The first-order valence-electron chi connectivity index (χ1n) is 10.7. The van der Waals surface area contributed by atoms with Gasteiger partial charge in [-0.05, 0) is 68.1 Å². The molecule has 0 spiro atoms. The number of pyridine rings is 2. The second-order valence-corrected chi connectivity index (χ2v) is 10.4. The Labute approximate surface area is 165 Å². The highest BCUT2D eigenvalue weighted by Crippen LogP contribution is 2.55. The maximum Gasteiger partial charge on any atom is 0.276 e. The van der Waals surface area contributed by atoms with Gasteiger partial charge in [0.1, 0.15) is 0 Å². The zero-order valence-electron chi connectivity index (χ0n) is 16.9. The third kappa shape index (κ3) is 2.26. The standard InChI is InChI=1S/C24H27N3O/c1-24(2,3)19-5-4-17-18(25-19)6-7-27-21-16-11-13-8-14(12-16)10-15(9-13)20(21)23(28)26-22(17)27/h4-7,13-16H,8-12H2,1-3H3. The van der Waals surface area contributed by atoms with Crippen LogP contribution in [0.25, 0.3) is 16.6 Å². The van der Waals surface area contributed by atoms with E-state index in [1.807, 2.05) is 0 Å². The molecule has 4 aliphatic rings. The van der Waals surface area contributed by atoms with Crippen LogP contribution < -0.4 is 5.56 Å². The lowest BCUT2D eigenvalue weighted by Crippen LogP contribution is -2.26. The maximum atomic E-state index is 13.2. The minimum Gasteiger partial charge on any atom is -0.304 e. The van der Waals surface area contributed by atoms with Crippen LogP contribution in [0.4, 0.5) is 0 Å². The molecule has 3 aromatic heterocycles. The van der Waals surface area contributed by atoms with Gasteiger partial charge in [0.15, 0.2) is 5.65 Å². The summed E-state index contributed by atoms with van der Waals surface area (Å²) in [6, 6.07) is 6.31. The average molecular weight is 374 g/mol. The predicted molar refractivity (Wildman–Crippen MR) is 111 cm³/mol. The Balaban J connectivity index is 1.66. The van der Waals surface area contributed by atoms with Gasteiger partial charge in [-0.3, -0.25) is 9.78 Å². The van der Waals surface area contributed by atoms with Gasteiger partial charge in [0.2, 0.25) is 0 Å². The molecule has 0 N–H and O–H groups in total. The molecule has 0 saturated heterocycles. The molecule has 144 valence electrons. The largest absolute Gasteiger partial charge is 0.304 e. The fraction of sp³-hybridized carbons (Fsp3) is 0.542. The van der Waals surface area contributed by atoms with E-state index in [2.05, 4.69) is 54.6 Å². The van der Waals surface area contributed by atoms with Gasteiger partial charge in [-0.25, -0.2) is 0 Å². The molecule has 4 nitrogen and oxygen atoms in total. The van der Waals surface area contributed by atoms with Crippen molar-refractivity contribution < 1.29 is 0 Å². The summed E-state index contributed by atoms with van der Waals surface area (Å²) in [6.07, 6.45) is 8.35. The number of hydrogen-bond donors (Lipinski definition) is 0. The molecule has 4 heteroatoms. The lowest BCUT2D eigenvalue weighted by molar-refractivity contribution is 0.164. The second kappa shape index (κ2) is 5.43. The monoisotopic (exact) mass is 373 g/mol. The summed E-state index contributed by atoms with van der Waals surface area (Å²) >= 11 is 0. The SMILES string of the molecule is CC(C)(C)c1ccc2c(ccn3c4c(c(=O)nc23)C2CC3CC(C2)CC4C3)n1. The van der Waals surface area contributed by atoms with E-state index >= 15 is 0 Å². The number of fused-ring (bicyclic) bond motifs is 3. The molecular formula is C24H27N3O. The zero-order valence-corrected chi connectivity index (χ0v) is 16.9. The molecule has 2 unspecified atom stereocenters. The molecule has 2 saturated carbocycles. The van der Waals surface area contributed by atoms with Crippen LogP contribution in [0.5, 0.6) is 0 Å². The van der Waals surface area contributed by atoms with Crippen LogP contribution in [-0.4, -0.2) is 14.4 Å². The van der Waals surface area contributed by atoms with Crippen LogP contribution in [0.2, 0.25) is 0 Å². The summed E-state index contributed by atoms with van der Waals surface area (Å²) in [4.78, 5) is 22.7. The average Bonchev–Trinajstić information content (AvgIpc) is 2.82. The van der Waals surface area contributed by atoms with Gasteiger partial charge >= 0.3 is 0 Å². The highest BCUT2D eigenvalue weighted by atomic mass is 16.1. The highest BCUT2D eigenvalue weighted by Gasteiger charge is 2.44. The molecule has 0 radical (unpaired) electrons. The van der Waals surface area contributed by atoms with E-state index in [1.165, 1.54) is 37.8 Å². The Kier molecular flexibility index (Phi) is 3.24. The smallest absolute Gasteiger partial charge is 0.276 e. The van der Waals surface area contributed by atoms with E-state index in [0.717, 1.165) is 39.6 Å². The van der Waals surface area contributed by atoms with Crippen LogP contribution in [0.3, 0.4) is 0 Å². The molecule has 28 heavy (non-hydrogen) atoms. The Hall–Kier alpha value is -2.23. The molecule has 0 aromatic carbocycles. The first-order chi connectivity index (χ1) is 13.4. The van der Waals surface area contributed by atoms with E-state index in [9.17, 15) is 4.79 Å². The molecule has 7 rings (SSSR count). The summed E-state index contributed by atoms with van der Waals surface area (Å²) in [6.45, 7) is 6.53. The van der Waals surface area contributed by atoms with Gasteiger partial charge < -0.3 is 4.40 Å². The summed E-state index contributed by atoms with van der Waals surface area (Å²) in [5.74, 6) is 2.51. The third-order valence-corrected chi connectivity index (χ3v) is 7.45. The highest BCUT2D eigenvalue weighted by molar-refractivity contribution is 5.91. The maximum absolute atomic E-state index is 13.2. The molecular weight excluding hydrogens is 346 g/mol. The number of rotatable bonds is 0. The van der Waals surface area contributed by atoms with Crippen molar-refractivity contribution in [2.75, 3.05) is 0 Å². The molecule has 3 aromatic rings. The molecule has 2 atom stereocenters. The van der Waals surface area contributed by atoms with E-state index in [-0.39, 0.29) is 11.0 Å². The van der Waals surface area contributed by atoms with Crippen molar-refractivity contribution in [3.8, 4) is 0 Å². The molecule has 4 aliphatic carbocycles. The van der Waals surface area contributed by atoms with Crippen LogP contribution in [0, 0.1) is 11.8 Å². The topological polar surface area (TPSA) is 47.3 Å². The van der Waals surface area contributed by atoms with Gasteiger partial charge in [0.25, 0.3) is 5.56 Å². The Morgan fingerprint density at radius 1 is 0.929 bits per heavy atom. The van der Waals surface area contributed by atoms with Crippen LogP contribution in [0.1, 0.15) is 81.7 Å². The quantitative estimate of drug-likeness (QED) is 0.525. The lowest BCUT2D eigenvalue weighted by atomic mass is 9.67. The van der Waals surface area contributed by atoms with Crippen LogP contribution in [-0.2, 0) is 5.41 Å². The molecule has 0 aliphatic heterocycles. The lowest BCUT2D eigenvalue weighted by Gasteiger charge is -2.38. The Morgan fingerprint density at radius 2 is 1.64 bits per heavy atom. The number of hydrogen-bond acceptors (Lipinski definition) is 3. The summed E-state index contributed by atoms with van der Waals surface area (Å²) in [5.41, 5.74) is 5.10. The number of nitrogens with zero attached hydrogens (tertiary/aromatic N) is 3. The van der Waals surface area contributed by atoms with E-state index in [1.54, 1.807) is 0 Å². The fourth-order valence-electron chi connectivity index (χ4n) is 6.37. The zero-order chi connectivity index (χ0) is 19.2. The van der Waals surface area contributed by atoms with E-state index < -0.39 is 0 Å². The van der Waals surface area contributed by atoms with Crippen LogP contribution in [0.15, 0.2) is 29.2 Å². The van der Waals surface area contributed by atoms with Crippen molar-refractivity contribution in [1.29, 1.82) is 0 Å². The normalized spacial score (nSPS) is 28.7. The molecule has 0 amide bonds. The van der Waals surface area contributed by atoms with Gasteiger partial charge in [-0.2, -0.15) is 4.98 Å². The number of aromatic nitrogens is 3. The minimum absolute atomic E-state index is 0.000716. The van der Waals surface area contributed by atoms with Crippen molar-refractivity contribution >= 4 is 16.6 Å². The van der Waals surface area contributed by atoms with Gasteiger partial charge in [-0.1, -0.05) is 20.8 Å². The Morgan fingerprint density at radius 3 is 2.36 bits per heavy atom. The first-order valence-corrected chi connectivity index (χ1v) is 10.7. The van der Waals surface area contributed by atoms with Crippen molar-refractivity contribution in [3.63, 3.8) is 0 Å². The molecule has 4 bridgehead atoms. The predicted octanol–water partition coefficient (Wildman–Crippen LogP) is 4.93. The van der Waals surface area contributed by atoms with Crippen molar-refractivity contribution in [3.05, 3.63) is 51.7 Å². The van der Waals surface area contributed by atoms with Gasteiger partial charge in [0, 0.05) is 39.9 Å². The van der Waals surface area contributed by atoms with Gasteiger partial charge in [0.05, 0.1) is 5.52 Å². The van der Waals surface area contributed by atoms with Crippen molar-refractivity contribution in [1.82, 2.24) is 14.4 Å². The summed E-state index contributed by atoms with van der Waals surface area (Å²) < 4.78 is 2.24. The second-order valence-electron chi connectivity index (χ2n) is 10.4. The summed E-state index contributed by atoms with van der Waals surface area (Å²) in [5, 5.41) is 0.986. The fourth-order valence-corrected chi connectivity index (χ4v) is 6.37. The minimum atomic E-state index is -0.000716. The van der Waals surface area contributed by atoms with Crippen molar-refractivity contribution in [2.24, 2.45) is 11.8 Å². The molecule has 2 fully saturated rings. The van der Waals surface area contributed by atoms with E-state index in [4.69, 9.17) is 4.98 Å². The first kappa shape index (κ1) is 16.7. The third-order valence-electron chi connectivity index (χ3n) is 7.45. The van der Waals surface area contributed by atoms with Gasteiger partial charge in [-0.15, -0.1) is 0 Å².